The first-order valence-electron chi connectivity index (χ1n) is 10.0. The SMILES string of the molecule is Cc1nn(-c2ccccc2)c([O-])c1C(c1ccccc1)[P+](N(C)C)(N(C)C)N(C)C. The minimum absolute atomic E-state index is 0.0533. The largest absolute Gasteiger partial charge is 0.858 e. The molecule has 6 nitrogen and oxygen atoms in total. The van der Waals surface area contributed by atoms with Crippen molar-refractivity contribution in [3.05, 3.63) is 77.5 Å². The van der Waals surface area contributed by atoms with Gasteiger partial charge in [0.05, 0.1) is 11.4 Å². The highest BCUT2D eigenvalue weighted by atomic mass is 31.2. The molecule has 0 spiro atoms. The van der Waals surface area contributed by atoms with Crippen LogP contribution in [0.5, 0.6) is 5.88 Å². The number of benzene rings is 2. The summed E-state index contributed by atoms with van der Waals surface area (Å²) in [6, 6.07) is 20.0. The molecule has 1 aromatic heterocycles. The van der Waals surface area contributed by atoms with Gasteiger partial charge in [-0.15, -0.1) is 0 Å². The summed E-state index contributed by atoms with van der Waals surface area (Å²) in [5.41, 5.74) is 3.30. The number of hydrogen-bond donors (Lipinski definition) is 0. The molecular formula is C23H32N5OP. The van der Waals surface area contributed by atoms with Crippen LogP contribution in [0.1, 0.15) is 22.5 Å². The van der Waals surface area contributed by atoms with E-state index >= 15 is 0 Å². The summed E-state index contributed by atoms with van der Waals surface area (Å²) in [7, 11) is 10.5. The molecule has 0 bridgehead atoms. The number of aryl methyl sites for hydroxylation is 1. The summed E-state index contributed by atoms with van der Waals surface area (Å²) in [5.74, 6) is -0.0533. The predicted octanol–water partition coefficient (Wildman–Crippen LogP) is 3.79. The van der Waals surface area contributed by atoms with E-state index in [1.807, 2.05) is 55.5 Å². The van der Waals surface area contributed by atoms with Crippen molar-refractivity contribution in [1.29, 1.82) is 0 Å². The van der Waals surface area contributed by atoms with Crippen LogP contribution in [0.2, 0.25) is 0 Å². The van der Waals surface area contributed by atoms with Gasteiger partial charge in [0.1, 0.15) is 0 Å². The lowest BCUT2D eigenvalue weighted by Gasteiger charge is -2.45. The molecule has 0 amide bonds. The van der Waals surface area contributed by atoms with Crippen LogP contribution in [0, 0.1) is 6.92 Å². The van der Waals surface area contributed by atoms with E-state index in [1.54, 1.807) is 0 Å². The Bertz CT molecular complexity index is 948. The van der Waals surface area contributed by atoms with Crippen molar-refractivity contribution in [2.24, 2.45) is 0 Å². The second kappa shape index (κ2) is 8.86. The quantitative estimate of drug-likeness (QED) is 0.539. The molecule has 3 aromatic rings. The average molecular weight is 426 g/mol. The lowest BCUT2D eigenvalue weighted by atomic mass is 10.0. The number of para-hydroxylation sites is 1. The van der Waals surface area contributed by atoms with E-state index in [0.717, 1.165) is 22.5 Å². The van der Waals surface area contributed by atoms with Crippen LogP contribution in [0.25, 0.3) is 5.69 Å². The van der Waals surface area contributed by atoms with E-state index in [4.69, 9.17) is 0 Å². The zero-order chi connectivity index (χ0) is 22.1. The van der Waals surface area contributed by atoms with Crippen LogP contribution < -0.4 is 5.11 Å². The maximum absolute atomic E-state index is 13.8. The normalized spacial score (nSPS) is 13.4. The van der Waals surface area contributed by atoms with E-state index in [0.29, 0.717) is 0 Å². The lowest BCUT2D eigenvalue weighted by molar-refractivity contribution is -0.278. The minimum Gasteiger partial charge on any atom is -0.858 e. The molecule has 0 saturated heterocycles. The lowest BCUT2D eigenvalue weighted by Crippen LogP contribution is -2.40. The van der Waals surface area contributed by atoms with Gasteiger partial charge >= 0.3 is 0 Å². The first-order chi connectivity index (χ1) is 14.2. The first kappa shape index (κ1) is 22.4. The molecule has 30 heavy (non-hydrogen) atoms. The fraction of sp³-hybridized carbons (Fsp3) is 0.348. The molecule has 1 atom stereocenters. The highest BCUT2D eigenvalue weighted by Gasteiger charge is 2.57. The molecule has 0 aliphatic carbocycles. The molecule has 0 N–H and O–H groups in total. The summed E-state index contributed by atoms with van der Waals surface area (Å²) in [5, 5.41) is 18.5. The Morgan fingerprint density at radius 2 is 1.27 bits per heavy atom. The van der Waals surface area contributed by atoms with E-state index in [9.17, 15) is 5.11 Å². The van der Waals surface area contributed by atoms with E-state index in [2.05, 4.69) is 73.5 Å². The summed E-state index contributed by atoms with van der Waals surface area (Å²) < 4.78 is 8.38. The van der Waals surface area contributed by atoms with Crippen LogP contribution in [0.3, 0.4) is 0 Å². The van der Waals surface area contributed by atoms with Crippen molar-refractivity contribution in [2.75, 3.05) is 42.3 Å². The third-order valence-electron chi connectivity index (χ3n) is 5.56. The van der Waals surface area contributed by atoms with Gasteiger partial charge in [0, 0.05) is 53.4 Å². The topological polar surface area (TPSA) is 50.6 Å². The molecule has 0 aliphatic heterocycles. The molecule has 0 fully saturated rings. The number of rotatable bonds is 7. The molecular weight excluding hydrogens is 393 g/mol. The van der Waals surface area contributed by atoms with Gasteiger partial charge in [0.2, 0.25) is 7.71 Å². The molecule has 3 rings (SSSR count). The van der Waals surface area contributed by atoms with Gasteiger partial charge in [0.15, 0.2) is 5.66 Å². The molecule has 160 valence electrons. The zero-order valence-electron chi connectivity index (χ0n) is 18.9. The standard InChI is InChI=1S/C23H32N5OP/c1-18-21(23(29)28(24-18)20-16-12-9-13-17-20)22(19-14-10-8-11-15-19)30(25(2)3,26(4)5)27(6)7/h8-17,22H,1-7H3. The van der Waals surface area contributed by atoms with Crippen LogP contribution in [0.4, 0.5) is 0 Å². The second-order valence-corrected chi connectivity index (χ2v) is 12.2. The molecule has 0 aliphatic rings. The Kier molecular flexibility index (Phi) is 6.63. The Labute approximate surface area is 180 Å². The third kappa shape index (κ3) is 3.65. The fourth-order valence-corrected chi connectivity index (χ4v) is 9.27. The monoisotopic (exact) mass is 425 g/mol. The van der Waals surface area contributed by atoms with Crippen LogP contribution >= 0.6 is 7.71 Å². The van der Waals surface area contributed by atoms with Crippen molar-refractivity contribution in [2.45, 2.75) is 12.6 Å². The van der Waals surface area contributed by atoms with Gasteiger partial charge in [-0.25, -0.2) is 4.68 Å². The minimum atomic E-state index is -2.15. The van der Waals surface area contributed by atoms with Gasteiger partial charge < -0.3 is 5.11 Å². The highest BCUT2D eigenvalue weighted by Crippen LogP contribution is 2.76. The molecule has 7 heteroatoms. The van der Waals surface area contributed by atoms with Crippen LogP contribution in [0.15, 0.2) is 60.7 Å². The molecule has 1 heterocycles. The number of aromatic nitrogens is 2. The van der Waals surface area contributed by atoms with Gasteiger partial charge in [-0.2, -0.15) is 19.1 Å². The Morgan fingerprint density at radius 1 is 0.800 bits per heavy atom. The van der Waals surface area contributed by atoms with E-state index < -0.39 is 7.71 Å². The average Bonchev–Trinajstić information content (AvgIpc) is 3.00. The fourth-order valence-electron chi connectivity index (χ4n) is 4.52. The van der Waals surface area contributed by atoms with Crippen LogP contribution in [-0.2, 0) is 0 Å². The van der Waals surface area contributed by atoms with E-state index in [1.165, 1.54) is 4.68 Å². The van der Waals surface area contributed by atoms with Crippen molar-refractivity contribution in [3.63, 3.8) is 0 Å². The first-order valence-corrected chi connectivity index (χ1v) is 11.7. The molecule has 0 saturated carbocycles. The van der Waals surface area contributed by atoms with Crippen molar-refractivity contribution >= 4 is 7.71 Å². The van der Waals surface area contributed by atoms with Crippen molar-refractivity contribution in [1.82, 2.24) is 23.8 Å². The van der Waals surface area contributed by atoms with Gasteiger partial charge in [-0.3, -0.25) is 0 Å². The molecule has 0 radical (unpaired) electrons. The van der Waals surface area contributed by atoms with Gasteiger partial charge in [-0.1, -0.05) is 48.5 Å². The Balaban J connectivity index is 2.35. The van der Waals surface area contributed by atoms with Gasteiger partial charge in [-0.05, 0) is 24.9 Å². The summed E-state index contributed by atoms with van der Waals surface area (Å²) >= 11 is 0. The molecule has 2 aromatic carbocycles. The number of hydrogen-bond acceptors (Lipinski definition) is 5. The van der Waals surface area contributed by atoms with E-state index in [-0.39, 0.29) is 11.5 Å². The molecule has 1 unspecified atom stereocenters. The third-order valence-corrected chi connectivity index (χ3v) is 10.3. The summed E-state index contributed by atoms with van der Waals surface area (Å²) in [6.07, 6.45) is 0. The van der Waals surface area contributed by atoms with Crippen LogP contribution in [-0.4, -0.2) is 66.1 Å². The second-order valence-electron chi connectivity index (χ2n) is 8.02. The smallest absolute Gasteiger partial charge is 0.238 e. The van der Waals surface area contributed by atoms with Gasteiger partial charge in [0.25, 0.3) is 0 Å². The maximum atomic E-state index is 13.8. The predicted molar refractivity (Wildman–Crippen MR) is 124 cm³/mol. The number of nitrogens with zero attached hydrogens (tertiary/aromatic N) is 5. The van der Waals surface area contributed by atoms with Crippen molar-refractivity contribution < 1.29 is 5.11 Å². The Morgan fingerprint density at radius 3 is 1.73 bits per heavy atom. The zero-order valence-corrected chi connectivity index (χ0v) is 19.8. The Hall–Kier alpha value is -2.24. The summed E-state index contributed by atoms with van der Waals surface area (Å²) in [6.45, 7) is 1.95. The summed E-state index contributed by atoms with van der Waals surface area (Å²) in [4.78, 5) is 0. The highest BCUT2D eigenvalue weighted by molar-refractivity contribution is 7.69. The van der Waals surface area contributed by atoms with Crippen molar-refractivity contribution in [3.8, 4) is 11.6 Å². The maximum Gasteiger partial charge on any atom is 0.238 e.